The van der Waals surface area contributed by atoms with E-state index >= 15 is 0 Å². The van der Waals surface area contributed by atoms with Crippen LogP contribution in [0.3, 0.4) is 0 Å². The molecule has 7 heteroatoms. The fourth-order valence-corrected chi connectivity index (χ4v) is 3.77. The molecule has 1 heterocycles. The van der Waals surface area contributed by atoms with Crippen LogP contribution in [0, 0.1) is 0 Å². The summed E-state index contributed by atoms with van der Waals surface area (Å²) >= 11 is 0. The molecule has 2 rings (SSSR count). The van der Waals surface area contributed by atoms with E-state index in [-0.39, 0.29) is 18.2 Å². The number of hydrogen-bond acceptors (Lipinski definition) is 5. The van der Waals surface area contributed by atoms with Crippen LogP contribution in [-0.4, -0.2) is 53.6 Å². The fourth-order valence-electron chi connectivity index (χ4n) is 3.77. The van der Waals surface area contributed by atoms with Crippen molar-refractivity contribution in [3.05, 3.63) is 60.1 Å². The molecule has 0 spiro atoms. The molecule has 1 aromatic carbocycles. The highest BCUT2D eigenvalue weighted by Gasteiger charge is 2.23. The third kappa shape index (κ3) is 10.2. The van der Waals surface area contributed by atoms with Gasteiger partial charge in [-0.15, -0.1) is 0 Å². The Balaban J connectivity index is 1.83. The van der Waals surface area contributed by atoms with Gasteiger partial charge in [-0.1, -0.05) is 44.2 Å². The summed E-state index contributed by atoms with van der Waals surface area (Å²) in [6.45, 7) is 6.60. The Morgan fingerprint density at radius 1 is 1.03 bits per heavy atom. The largest absolute Gasteiger partial charge is 0.469 e. The van der Waals surface area contributed by atoms with Crippen LogP contribution < -0.4 is 10.6 Å². The van der Waals surface area contributed by atoms with Gasteiger partial charge in [0.25, 0.3) is 0 Å². The number of nitrogens with zero attached hydrogens (tertiary/aromatic N) is 1. The van der Waals surface area contributed by atoms with Gasteiger partial charge in [-0.25, -0.2) is 0 Å². The highest BCUT2D eigenvalue weighted by Crippen LogP contribution is 2.09. The minimum absolute atomic E-state index is 0.101. The molecule has 2 amide bonds. The van der Waals surface area contributed by atoms with Crippen molar-refractivity contribution in [2.75, 3.05) is 19.6 Å². The van der Waals surface area contributed by atoms with E-state index in [2.05, 4.69) is 24.5 Å². The average molecular weight is 458 g/mol. The van der Waals surface area contributed by atoms with Crippen molar-refractivity contribution in [3.63, 3.8) is 0 Å². The summed E-state index contributed by atoms with van der Waals surface area (Å²) in [6, 6.07) is 13.1. The molecule has 0 aliphatic rings. The van der Waals surface area contributed by atoms with Crippen molar-refractivity contribution in [2.45, 2.75) is 71.1 Å². The molecule has 1 aromatic heterocycles. The lowest BCUT2D eigenvalue weighted by molar-refractivity contribution is -0.131. The predicted octanol–water partition coefficient (Wildman–Crippen LogP) is 3.28. The van der Waals surface area contributed by atoms with Crippen LogP contribution in [-0.2, 0) is 22.6 Å². The topological polar surface area (TPSA) is 94.8 Å². The lowest BCUT2D eigenvalue weighted by atomic mass is 10.0. The maximum absolute atomic E-state index is 12.6. The molecule has 2 aromatic rings. The van der Waals surface area contributed by atoms with Crippen LogP contribution in [0.2, 0.25) is 0 Å². The van der Waals surface area contributed by atoms with Gasteiger partial charge in [0.15, 0.2) is 0 Å². The summed E-state index contributed by atoms with van der Waals surface area (Å²) in [6.07, 6.45) is 4.14. The summed E-state index contributed by atoms with van der Waals surface area (Å²) in [5.74, 6) is 0.634. The van der Waals surface area contributed by atoms with Crippen molar-refractivity contribution >= 4 is 11.8 Å². The second kappa shape index (κ2) is 15.2. The molecule has 33 heavy (non-hydrogen) atoms. The number of aliphatic hydroxyl groups excluding tert-OH is 1. The van der Waals surface area contributed by atoms with E-state index in [4.69, 9.17) is 4.42 Å². The quantitative estimate of drug-likeness (QED) is 0.360. The molecule has 182 valence electrons. The number of hydrogen-bond donors (Lipinski definition) is 3. The molecule has 0 aliphatic carbocycles. The first-order chi connectivity index (χ1) is 16.0. The van der Waals surface area contributed by atoms with Crippen molar-refractivity contribution < 1.29 is 19.1 Å². The van der Waals surface area contributed by atoms with E-state index in [1.807, 2.05) is 41.3 Å². The second-order valence-corrected chi connectivity index (χ2v) is 8.38. The van der Waals surface area contributed by atoms with Gasteiger partial charge in [-0.2, -0.15) is 0 Å². The van der Waals surface area contributed by atoms with Gasteiger partial charge in [0.1, 0.15) is 5.76 Å². The zero-order chi connectivity index (χ0) is 23.9. The van der Waals surface area contributed by atoms with Gasteiger partial charge in [0, 0.05) is 45.4 Å². The maximum Gasteiger partial charge on any atom is 0.222 e. The normalized spacial score (nSPS) is 12.8. The Morgan fingerprint density at radius 2 is 1.76 bits per heavy atom. The Morgan fingerprint density at radius 3 is 2.39 bits per heavy atom. The zero-order valence-corrected chi connectivity index (χ0v) is 20.0. The molecule has 0 fully saturated rings. The van der Waals surface area contributed by atoms with E-state index in [0.717, 1.165) is 31.5 Å². The summed E-state index contributed by atoms with van der Waals surface area (Å²) in [7, 11) is 0. The van der Waals surface area contributed by atoms with E-state index in [1.54, 1.807) is 12.3 Å². The summed E-state index contributed by atoms with van der Waals surface area (Å²) in [4.78, 5) is 26.9. The molecule has 7 nitrogen and oxygen atoms in total. The first kappa shape index (κ1) is 26.6. The van der Waals surface area contributed by atoms with Gasteiger partial charge < -0.3 is 25.1 Å². The van der Waals surface area contributed by atoms with Crippen molar-refractivity contribution in [1.82, 2.24) is 15.5 Å². The highest BCUT2D eigenvalue weighted by atomic mass is 16.3. The van der Waals surface area contributed by atoms with Crippen LogP contribution in [0.15, 0.2) is 53.1 Å². The SMILES string of the molecule is CCCN(CCC)C(=O)CCCC(=O)N[C@@H](Cc1ccco1)[C@H](O)CNCc1ccccc1. The third-order valence-corrected chi connectivity index (χ3v) is 5.47. The Bertz CT molecular complexity index is 789. The average Bonchev–Trinajstić information content (AvgIpc) is 3.32. The van der Waals surface area contributed by atoms with Crippen molar-refractivity contribution in [3.8, 4) is 0 Å². The summed E-state index contributed by atoms with van der Waals surface area (Å²) in [5.41, 5.74) is 1.13. The fraction of sp³-hybridized carbons (Fsp3) is 0.538. The van der Waals surface area contributed by atoms with E-state index in [9.17, 15) is 14.7 Å². The summed E-state index contributed by atoms with van der Waals surface area (Å²) < 4.78 is 5.42. The Labute approximate surface area is 197 Å². The molecule has 0 saturated carbocycles. The molecular weight excluding hydrogens is 418 g/mol. The minimum atomic E-state index is -0.783. The van der Waals surface area contributed by atoms with Crippen LogP contribution in [0.4, 0.5) is 0 Å². The highest BCUT2D eigenvalue weighted by molar-refractivity contribution is 5.79. The molecule has 0 saturated heterocycles. The summed E-state index contributed by atoms with van der Waals surface area (Å²) in [5, 5.41) is 16.9. The molecule has 0 bridgehead atoms. The van der Waals surface area contributed by atoms with Gasteiger partial charge in [-0.05, 0) is 37.0 Å². The predicted molar refractivity (Wildman–Crippen MR) is 130 cm³/mol. The Kier molecular flexibility index (Phi) is 12.3. The minimum Gasteiger partial charge on any atom is -0.469 e. The third-order valence-electron chi connectivity index (χ3n) is 5.47. The smallest absolute Gasteiger partial charge is 0.222 e. The van der Waals surface area contributed by atoms with Gasteiger partial charge >= 0.3 is 0 Å². The lowest BCUT2D eigenvalue weighted by Crippen LogP contribution is -2.48. The Hall–Kier alpha value is -2.64. The zero-order valence-electron chi connectivity index (χ0n) is 20.0. The number of nitrogens with one attached hydrogen (secondary N) is 2. The number of amides is 2. The maximum atomic E-state index is 12.6. The number of benzene rings is 1. The number of carbonyl (C=O) groups excluding carboxylic acids is 2. The van der Waals surface area contributed by atoms with Gasteiger partial charge in [-0.3, -0.25) is 9.59 Å². The first-order valence-corrected chi connectivity index (χ1v) is 12.1. The number of furan rings is 1. The molecule has 3 N–H and O–H groups in total. The van der Waals surface area contributed by atoms with E-state index in [1.165, 1.54) is 0 Å². The molecule has 0 unspecified atom stereocenters. The van der Waals surface area contributed by atoms with Crippen LogP contribution in [0.1, 0.15) is 57.3 Å². The van der Waals surface area contributed by atoms with Crippen molar-refractivity contribution in [2.24, 2.45) is 0 Å². The second-order valence-electron chi connectivity index (χ2n) is 8.38. The number of rotatable bonds is 16. The monoisotopic (exact) mass is 457 g/mol. The van der Waals surface area contributed by atoms with Gasteiger partial charge in [0.2, 0.25) is 11.8 Å². The first-order valence-electron chi connectivity index (χ1n) is 12.1. The standard InChI is InChI=1S/C26H39N3O4/c1-3-15-29(16-4-2)26(32)14-8-13-25(31)28-23(18-22-12-9-17-33-22)24(30)20-27-19-21-10-6-5-7-11-21/h5-7,9-12,17,23-24,27,30H,3-4,8,13-16,18-20H2,1-2H3,(H,28,31)/t23-,24+/m0/s1. The number of carbonyl (C=O) groups is 2. The number of aliphatic hydroxyl groups is 1. The van der Waals surface area contributed by atoms with E-state index < -0.39 is 12.1 Å². The van der Waals surface area contributed by atoms with Gasteiger partial charge in [0.05, 0.1) is 18.4 Å². The molecule has 0 aliphatic heterocycles. The van der Waals surface area contributed by atoms with Crippen LogP contribution >= 0.6 is 0 Å². The van der Waals surface area contributed by atoms with Crippen molar-refractivity contribution in [1.29, 1.82) is 0 Å². The van der Waals surface area contributed by atoms with Crippen LogP contribution in [0.25, 0.3) is 0 Å². The molecule has 2 atom stereocenters. The molecular formula is C26H39N3O4. The molecule has 0 radical (unpaired) electrons. The lowest BCUT2D eigenvalue weighted by Gasteiger charge is -2.24. The van der Waals surface area contributed by atoms with E-state index in [0.29, 0.717) is 38.1 Å². The van der Waals surface area contributed by atoms with Crippen LogP contribution in [0.5, 0.6) is 0 Å².